The quantitative estimate of drug-likeness (QED) is 0.170. The summed E-state index contributed by atoms with van der Waals surface area (Å²) in [7, 11) is -1.32. The minimum atomic E-state index is -1.32. The van der Waals surface area contributed by atoms with E-state index < -0.39 is 20.0 Å². The zero-order chi connectivity index (χ0) is 30.7. The summed E-state index contributed by atoms with van der Waals surface area (Å²) in [5, 5.41) is 14.7. The first-order valence-electron chi connectivity index (χ1n) is 15.1. The lowest BCUT2D eigenvalue weighted by Crippen LogP contribution is -2.43. The van der Waals surface area contributed by atoms with Crippen molar-refractivity contribution in [2.45, 2.75) is 89.9 Å². The molecule has 0 bridgehead atoms. The Balaban J connectivity index is 1.49. The van der Waals surface area contributed by atoms with Gasteiger partial charge in [0.25, 0.3) is 5.91 Å². The molecule has 2 heterocycles. The highest BCUT2D eigenvalue weighted by atomic mass is 28.3. The first-order chi connectivity index (χ1) is 20.5. The largest absolute Gasteiger partial charge is 0.492 e. The summed E-state index contributed by atoms with van der Waals surface area (Å²) >= 11 is 0. The van der Waals surface area contributed by atoms with E-state index in [4.69, 9.17) is 14.6 Å². The second-order valence-corrected chi connectivity index (χ2v) is 18.6. The number of nitrogens with zero attached hydrogens (tertiary/aromatic N) is 3. The van der Waals surface area contributed by atoms with E-state index in [0.29, 0.717) is 84.1 Å². The van der Waals surface area contributed by atoms with Crippen molar-refractivity contribution < 1.29 is 28.6 Å². The summed E-state index contributed by atoms with van der Waals surface area (Å²) in [5.74, 6) is 0.258. The minimum absolute atomic E-state index is 0.0778. The highest BCUT2D eigenvalue weighted by molar-refractivity contribution is 6.76. The minimum Gasteiger partial charge on any atom is -0.492 e. The second-order valence-electron chi connectivity index (χ2n) is 13.0. The molecule has 0 radical (unpaired) electrons. The van der Waals surface area contributed by atoms with Crippen LogP contribution in [0.25, 0.3) is 22.3 Å². The molecule has 5 rings (SSSR count). The molecule has 10 nitrogen and oxygen atoms in total. The first-order valence-corrected chi connectivity index (χ1v) is 18.9. The number of amides is 2. The second kappa shape index (κ2) is 13.0. The Bertz CT molecular complexity index is 1480. The number of aromatic nitrogens is 3. The van der Waals surface area contributed by atoms with Gasteiger partial charge in [-0.15, -0.1) is 0 Å². The van der Waals surface area contributed by atoms with Crippen molar-refractivity contribution in [3.63, 3.8) is 0 Å². The van der Waals surface area contributed by atoms with Crippen molar-refractivity contribution in [1.29, 1.82) is 0 Å². The van der Waals surface area contributed by atoms with Crippen LogP contribution in [0, 0.1) is 18.7 Å². The molecule has 0 aliphatic heterocycles. The number of fused-ring (bicyclic) bond motifs is 1. The summed E-state index contributed by atoms with van der Waals surface area (Å²) < 4.78 is 28.5. The number of carbonyl (C=O) groups is 2. The maximum Gasteiger partial charge on any atom is 0.404 e. The van der Waals surface area contributed by atoms with Gasteiger partial charge in [-0.05, 0) is 69.5 Å². The molecule has 2 amide bonds. The molecule has 0 saturated heterocycles. The van der Waals surface area contributed by atoms with Crippen molar-refractivity contribution in [2.24, 2.45) is 5.92 Å². The number of rotatable bonds is 12. The lowest BCUT2D eigenvalue weighted by atomic mass is 9.91. The third kappa shape index (κ3) is 7.72. The van der Waals surface area contributed by atoms with Gasteiger partial charge in [-0.1, -0.05) is 19.6 Å². The monoisotopic (exact) mass is 611 g/mol. The van der Waals surface area contributed by atoms with Crippen molar-refractivity contribution in [1.82, 2.24) is 25.2 Å². The number of carboxylic acid groups (broad SMARTS) is 1. The SMILES string of the molecule is Cc1c(C(=O)N[C@H]2CC[C@@H](NC(=O)O)CC2)c2ncnc(-c3ccc(F)cc3OCC3CC3)c2n1COCC[Si](C)(C)C. The van der Waals surface area contributed by atoms with Gasteiger partial charge in [0.2, 0.25) is 0 Å². The molecule has 0 unspecified atom stereocenters. The Labute approximate surface area is 252 Å². The van der Waals surface area contributed by atoms with Gasteiger partial charge in [-0.25, -0.2) is 19.2 Å². The summed E-state index contributed by atoms with van der Waals surface area (Å²) in [6.45, 7) is 10.1. The van der Waals surface area contributed by atoms with Crippen LogP contribution in [0.2, 0.25) is 25.7 Å². The van der Waals surface area contributed by atoms with E-state index in [1.54, 1.807) is 6.07 Å². The van der Waals surface area contributed by atoms with Crippen LogP contribution >= 0.6 is 0 Å². The number of halogens is 1. The number of nitrogens with one attached hydrogen (secondary N) is 2. The molecule has 43 heavy (non-hydrogen) atoms. The van der Waals surface area contributed by atoms with Crippen LogP contribution in [0.5, 0.6) is 5.75 Å². The Kier molecular flexibility index (Phi) is 9.35. The van der Waals surface area contributed by atoms with E-state index in [2.05, 4.69) is 40.2 Å². The van der Waals surface area contributed by atoms with E-state index in [1.807, 2.05) is 11.5 Å². The molecule has 2 fully saturated rings. The van der Waals surface area contributed by atoms with Crippen molar-refractivity contribution in [3.8, 4) is 17.0 Å². The Morgan fingerprint density at radius 3 is 2.42 bits per heavy atom. The molecule has 232 valence electrons. The maximum atomic E-state index is 14.4. The molecular formula is C31H42FN5O5Si. The van der Waals surface area contributed by atoms with Crippen LogP contribution in [-0.2, 0) is 11.5 Å². The van der Waals surface area contributed by atoms with Crippen LogP contribution in [-0.4, -0.2) is 65.0 Å². The molecule has 2 aliphatic rings. The number of benzene rings is 1. The smallest absolute Gasteiger partial charge is 0.404 e. The van der Waals surface area contributed by atoms with Gasteiger partial charge in [0, 0.05) is 44.1 Å². The van der Waals surface area contributed by atoms with Crippen LogP contribution in [0.3, 0.4) is 0 Å². The van der Waals surface area contributed by atoms with E-state index in [1.165, 1.54) is 18.5 Å². The number of hydrogen-bond donors (Lipinski definition) is 3. The zero-order valence-corrected chi connectivity index (χ0v) is 26.4. The Morgan fingerprint density at radius 1 is 1.07 bits per heavy atom. The highest BCUT2D eigenvalue weighted by Crippen LogP contribution is 2.38. The van der Waals surface area contributed by atoms with Crippen LogP contribution < -0.4 is 15.4 Å². The van der Waals surface area contributed by atoms with Crippen LogP contribution in [0.1, 0.15) is 54.6 Å². The molecule has 3 aromatic rings. The molecule has 0 atom stereocenters. The third-order valence-corrected chi connectivity index (χ3v) is 10.0. The average Bonchev–Trinajstić information content (AvgIpc) is 3.72. The Morgan fingerprint density at radius 2 is 1.77 bits per heavy atom. The molecule has 2 aliphatic carbocycles. The predicted octanol–water partition coefficient (Wildman–Crippen LogP) is 5.96. The molecular weight excluding hydrogens is 569 g/mol. The molecule has 3 N–H and O–H groups in total. The fourth-order valence-corrected chi connectivity index (χ4v) is 6.33. The maximum absolute atomic E-state index is 14.4. The van der Waals surface area contributed by atoms with Gasteiger partial charge in [-0.3, -0.25) is 4.79 Å². The summed E-state index contributed by atoms with van der Waals surface area (Å²) in [6.07, 6.45) is 5.27. The van der Waals surface area contributed by atoms with E-state index >= 15 is 0 Å². The summed E-state index contributed by atoms with van der Waals surface area (Å²) in [4.78, 5) is 34.1. The van der Waals surface area contributed by atoms with E-state index in [9.17, 15) is 14.0 Å². The van der Waals surface area contributed by atoms with E-state index in [0.717, 1.165) is 18.9 Å². The number of hydrogen-bond acceptors (Lipinski definition) is 6. The molecule has 2 saturated carbocycles. The lowest BCUT2D eigenvalue weighted by molar-refractivity contribution is 0.0877. The summed E-state index contributed by atoms with van der Waals surface area (Å²) in [6, 6.07) is 5.26. The third-order valence-electron chi connectivity index (χ3n) is 8.30. The standard InChI is InChI=1S/C31H42FN5O5Si/c1-19-26(30(38)35-22-8-10-23(11-9-22)36-31(39)40)28-29(37(19)18-41-13-14-43(2,3)4)27(33-17-34-28)24-12-7-21(32)15-25(24)42-16-20-5-6-20/h7,12,15,17,20,22-23,36H,5-6,8-11,13-14,16,18H2,1-4H3,(H,35,38)(H,39,40)/t22-,23+. The van der Waals surface area contributed by atoms with Crippen molar-refractivity contribution in [2.75, 3.05) is 13.2 Å². The van der Waals surface area contributed by atoms with Gasteiger partial charge in [0.15, 0.2) is 0 Å². The summed E-state index contributed by atoms with van der Waals surface area (Å²) in [5.41, 5.74) is 3.45. The lowest BCUT2D eigenvalue weighted by Gasteiger charge is -2.28. The average molecular weight is 612 g/mol. The van der Waals surface area contributed by atoms with Gasteiger partial charge < -0.3 is 29.8 Å². The fraction of sp³-hybridized carbons (Fsp3) is 0.548. The Hall–Kier alpha value is -3.51. The van der Waals surface area contributed by atoms with Crippen molar-refractivity contribution in [3.05, 3.63) is 41.6 Å². The highest BCUT2D eigenvalue weighted by Gasteiger charge is 2.29. The normalized spacial score (nSPS) is 18.9. The van der Waals surface area contributed by atoms with Crippen LogP contribution in [0.4, 0.5) is 9.18 Å². The zero-order valence-electron chi connectivity index (χ0n) is 25.4. The van der Waals surface area contributed by atoms with Gasteiger partial charge in [0.1, 0.15) is 35.8 Å². The number of carbonyl (C=O) groups excluding carboxylic acids is 1. The predicted molar refractivity (Wildman–Crippen MR) is 165 cm³/mol. The van der Waals surface area contributed by atoms with Crippen molar-refractivity contribution >= 4 is 31.1 Å². The van der Waals surface area contributed by atoms with Gasteiger partial charge >= 0.3 is 6.09 Å². The molecule has 2 aromatic heterocycles. The molecule has 0 spiro atoms. The number of ether oxygens (including phenoxy) is 2. The molecule has 1 aromatic carbocycles. The van der Waals surface area contributed by atoms with E-state index in [-0.39, 0.29) is 24.7 Å². The van der Waals surface area contributed by atoms with Gasteiger partial charge in [0.05, 0.1) is 17.7 Å². The fourth-order valence-electron chi connectivity index (χ4n) is 5.57. The van der Waals surface area contributed by atoms with Gasteiger partial charge in [-0.2, -0.15) is 0 Å². The van der Waals surface area contributed by atoms with Crippen LogP contribution in [0.15, 0.2) is 24.5 Å². The molecule has 12 heteroatoms. The first kappa shape index (κ1) is 30.9. The topological polar surface area (TPSA) is 128 Å².